The first-order chi connectivity index (χ1) is 29.5. The Balaban J connectivity index is 0.979. The summed E-state index contributed by atoms with van der Waals surface area (Å²) in [5.74, 6) is 3.00. The quantitative estimate of drug-likeness (QED) is 0.0970. The average Bonchev–Trinajstić information content (AvgIpc) is 3.31. The van der Waals surface area contributed by atoms with Gasteiger partial charge in [0.25, 0.3) is 0 Å². The van der Waals surface area contributed by atoms with Gasteiger partial charge in [-0.05, 0) is 87.0 Å². The smallest absolute Gasteiger partial charge is 0.164 e. The van der Waals surface area contributed by atoms with Gasteiger partial charge in [0.05, 0.1) is 0 Å². The van der Waals surface area contributed by atoms with Gasteiger partial charge in [-0.25, -0.2) is 15.0 Å². The summed E-state index contributed by atoms with van der Waals surface area (Å²) >= 11 is 0. The number of hydrogen-bond donors (Lipinski definition) is 0. The maximum Gasteiger partial charge on any atom is 0.164 e. The van der Waals surface area contributed by atoms with E-state index in [1.165, 1.54) is 46.1 Å². The van der Waals surface area contributed by atoms with Crippen LogP contribution in [0.3, 0.4) is 0 Å². The molecule has 2 aliphatic rings. The van der Waals surface area contributed by atoms with Crippen molar-refractivity contribution >= 4 is 16.3 Å². The first-order valence-electron chi connectivity index (χ1n) is 21.3. The number of hydrogen-bond acceptors (Lipinski definition) is 3. The molecule has 0 radical (unpaired) electrons. The molecule has 3 unspecified atom stereocenters. The third-order valence-corrected chi connectivity index (χ3v) is 12.6. The summed E-state index contributed by atoms with van der Waals surface area (Å²) in [5, 5.41) is 2.34. The van der Waals surface area contributed by atoms with Crippen LogP contribution in [0, 0.1) is 11.3 Å². The van der Waals surface area contributed by atoms with Crippen LogP contribution in [0.5, 0.6) is 0 Å². The van der Waals surface area contributed by atoms with Gasteiger partial charge in [-0.2, -0.15) is 0 Å². The summed E-state index contributed by atoms with van der Waals surface area (Å²) in [6.07, 6.45) is 13.2. The van der Waals surface area contributed by atoms with Crippen LogP contribution in [0.15, 0.2) is 206 Å². The highest BCUT2D eigenvalue weighted by Gasteiger charge is 2.47. The Kier molecular flexibility index (Phi) is 9.95. The van der Waals surface area contributed by atoms with E-state index in [1.807, 2.05) is 6.07 Å². The van der Waals surface area contributed by atoms with E-state index in [-0.39, 0.29) is 11.3 Å². The van der Waals surface area contributed by atoms with E-state index in [0.717, 1.165) is 45.5 Å². The zero-order valence-electron chi connectivity index (χ0n) is 34.2. The first-order valence-corrected chi connectivity index (χ1v) is 21.3. The topological polar surface area (TPSA) is 38.7 Å². The van der Waals surface area contributed by atoms with E-state index in [4.69, 9.17) is 15.0 Å². The van der Waals surface area contributed by atoms with Crippen molar-refractivity contribution in [2.75, 3.05) is 0 Å². The number of benzene rings is 7. The van der Waals surface area contributed by atoms with Crippen molar-refractivity contribution in [3.8, 4) is 56.4 Å². The third kappa shape index (κ3) is 7.44. The zero-order chi connectivity index (χ0) is 40.5. The number of rotatable bonds is 11. The van der Waals surface area contributed by atoms with Crippen LogP contribution in [0.4, 0.5) is 0 Å². The summed E-state index contributed by atoms with van der Waals surface area (Å²) in [6, 6.07) is 62.3. The largest absolute Gasteiger partial charge is 0.208 e. The zero-order valence-corrected chi connectivity index (χ0v) is 34.2. The molecule has 1 saturated carbocycles. The number of allylic oxidation sites excluding steroid dienone is 6. The van der Waals surface area contributed by atoms with Crippen LogP contribution in [-0.2, 0) is 0 Å². The lowest BCUT2D eigenvalue weighted by Gasteiger charge is -2.52. The van der Waals surface area contributed by atoms with Crippen LogP contribution in [0.2, 0.25) is 0 Å². The lowest BCUT2D eigenvalue weighted by Crippen LogP contribution is -2.41. The standard InChI is InChI=1S/C57H47N3/c1-3-39(21-32-51(37-57(2)38-52-33-34-53(52)57)45-24-22-44(23-25-45)40-13-6-4-7-14-40)43-26-29-46(30-27-43)54-58-55(49-20-12-19-48(35-49)41-15-8-5-9-16-41)60-56(59-54)50-31-28-42-17-10-11-18-47(42)36-50/h4-32,34-37,39,52H,3,33,38H2,1-2H3/b32-21-,51-37-. The normalized spacial score (nSPS) is 17.7. The Hall–Kier alpha value is -6.97. The van der Waals surface area contributed by atoms with Crippen molar-refractivity contribution in [3.05, 3.63) is 217 Å². The average molecular weight is 774 g/mol. The minimum Gasteiger partial charge on any atom is -0.208 e. The molecule has 0 N–H and O–H groups in total. The van der Waals surface area contributed by atoms with Gasteiger partial charge in [-0.3, -0.25) is 0 Å². The highest BCUT2D eigenvalue weighted by Crippen LogP contribution is 2.59. The SMILES string of the molecule is CCC(/C=C\C(=C\C1(C)CC2CC=C21)c1ccc(-c2ccccc2)cc1)c1ccc(-c2nc(-c3cccc(-c4ccccc4)c3)nc(-c3ccc4ccccc4c3)n2)cc1. The number of fused-ring (bicyclic) bond motifs is 2. The van der Waals surface area contributed by atoms with Gasteiger partial charge in [0, 0.05) is 28.0 Å². The van der Waals surface area contributed by atoms with Crippen molar-refractivity contribution in [3.63, 3.8) is 0 Å². The minimum atomic E-state index is 0.127. The van der Waals surface area contributed by atoms with E-state index < -0.39 is 0 Å². The molecule has 3 nitrogen and oxygen atoms in total. The monoisotopic (exact) mass is 773 g/mol. The van der Waals surface area contributed by atoms with Gasteiger partial charge in [0.15, 0.2) is 17.5 Å². The Morgan fingerprint density at radius 1 is 0.567 bits per heavy atom. The third-order valence-electron chi connectivity index (χ3n) is 12.6. The summed E-state index contributed by atoms with van der Waals surface area (Å²) in [4.78, 5) is 15.3. The second kappa shape index (κ2) is 16.0. The predicted molar refractivity (Wildman–Crippen MR) is 250 cm³/mol. The predicted octanol–water partition coefficient (Wildman–Crippen LogP) is 14.8. The fraction of sp³-hybridized carbons (Fsp3) is 0.140. The molecule has 7 aromatic carbocycles. The molecule has 0 spiro atoms. The van der Waals surface area contributed by atoms with Gasteiger partial charge in [0.2, 0.25) is 0 Å². The van der Waals surface area contributed by atoms with Gasteiger partial charge in [0.1, 0.15) is 0 Å². The molecule has 3 atom stereocenters. The molecule has 0 aliphatic heterocycles. The molecule has 2 aliphatic carbocycles. The highest BCUT2D eigenvalue weighted by molar-refractivity contribution is 5.87. The molecule has 3 heteroatoms. The second-order valence-electron chi connectivity index (χ2n) is 16.6. The molecule has 290 valence electrons. The van der Waals surface area contributed by atoms with Crippen molar-refractivity contribution in [1.29, 1.82) is 0 Å². The van der Waals surface area contributed by atoms with Gasteiger partial charge in [-0.15, -0.1) is 0 Å². The van der Waals surface area contributed by atoms with Gasteiger partial charge in [-0.1, -0.05) is 208 Å². The Morgan fingerprint density at radius 3 is 1.75 bits per heavy atom. The van der Waals surface area contributed by atoms with Crippen molar-refractivity contribution in [1.82, 2.24) is 15.0 Å². The molecular weight excluding hydrogens is 727 g/mol. The second-order valence-corrected chi connectivity index (χ2v) is 16.6. The van der Waals surface area contributed by atoms with Crippen LogP contribution >= 0.6 is 0 Å². The summed E-state index contributed by atoms with van der Waals surface area (Å²) in [7, 11) is 0. The molecule has 1 aromatic heterocycles. The van der Waals surface area contributed by atoms with E-state index >= 15 is 0 Å². The van der Waals surface area contributed by atoms with Crippen molar-refractivity contribution in [2.45, 2.75) is 39.0 Å². The first kappa shape index (κ1) is 37.3. The highest BCUT2D eigenvalue weighted by atomic mass is 15.0. The lowest BCUT2D eigenvalue weighted by atomic mass is 9.52. The van der Waals surface area contributed by atoms with Crippen LogP contribution < -0.4 is 0 Å². The molecule has 8 aromatic rings. The lowest BCUT2D eigenvalue weighted by molar-refractivity contribution is 0.216. The maximum absolute atomic E-state index is 5.13. The molecule has 1 heterocycles. The fourth-order valence-corrected chi connectivity index (χ4v) is 9.13. The van der Waals surface area contributed by atoms with Crippen LogP contribution in [0.25, 0.3) is 72.8 Å². The molecule has 0 bridgehead atoms. The van der Waals surface area contributed by atoms with Gasteiger partial charge >= 0.3 is 0 Å². The number of aromatic nitrogens is 3. The van der Waals surface area contributed by atoms with Crippen molar-refractivity contribution < 1.29 is 0 Å². The summed E-state index contributed by atoms with van der Waals surface area (Å²) in [5.41, 5.74) is 13.2. The maximum atomic E-state index is 5.13. The summed E-state index contributed by atoms with van der Waals surface area (Å²) < 4.78 is 0. The molecule has 1 fully saturated rings. The minimum absolute atomic E-state index is 0.127. The van der Waals surface area contributed by atoms with E-state index in [1.54, 1.807) is 5.57 Å². The van der Waals surface area contributed by atoms with Crippen LogP contribution in [0.1, 0.15) is 50.2 Å². The Morgan fingerprint density at radius 2 is 1.12 bits per heavy atom. The Bertz CT molecular complexity index is 2910. The van der Waals surface area contributed by atoms with E-state index in [2.05, 4.69) is 208 Å². The molecule has 0 amide bonds. The molecular formula is C57H47N3. The van der Waals surface area contributed by atoms with Crippen LogP contribution in [-0.4, -0.2) is 15.0 Å². The fourth-order valence-electron chi connectivity index (χ4n) is 9.13. The number of nitrogens with zero attached hydrogens (tertiary/aromatic N) is 3. The van der Waals surface area contributed by atoms with Crippen molar-refractivity contribution in [2.24, 2.45) is 11.3 Å². The molecule has 0 saturated heterocycles. The summed E-state index contributed by atoms with van der Waals surface area (Å²) in [6.45, 7) is 4.68. The van der Waals surface area contributed by atoms with E-state index in [9.17, 15) is 0 Å². The van der Waals surface area contributed by atoms with E-state index in [0.29, 0.717) is 17.5 Å². The molecule has 10 rings (SSSR count). The Labute approximate surface area is 353 Å². The molecule has 60 heavy (non-hydrogen) atoms. The van der Waals surface area contributed by atoms with Gasteiger partial charge < -0.3 is 0 Å².